The van der Waals surface area contributed by atoms with Gasteiger partial charge in [0.15, 0.2) is 5.65 Å². The Morgan fingerprint density at radius 3 is 2.85 bits per heavy atom. The average Bonchev–Trinajstić information content (AvgIpc) is 2.88. The van der Waals surface area contributed by atoms with E-state index in [2.05, 4.69) is 31.7 Å². The second-order valence-corrected chi connectivity index (χ2v) is 6.63. The highest BCUT2D eigenvalue weighted by atomic mass is 16.2. The van der Waals surface area contributed by atoms with Crippen LogP contribution in [-0.2, 0) is 4.79 Å². The number of rotatable bonds is 4. The molecule has 8 nitrogen and oxygen atoms in total. The summed E-state index contributed by atoms with van der Waals surface area (Å²) < 4.78 is 0. The predicted octanol–water partition coefficient (Wildman–Crippen LogP) is 1.32. The minimum Gasteiger partial charge on any atom is -0.353 e. The van der Waals surface area contributed by atoms with E-state index in [1.807, 2.05) is 13.8 Å². The first kappa shape index (κ1) is 17.9. The lowest BCUT2D eigenvalue weighted by Gasteiger charge is -2.22. The van der Waals surface area contributed by atoms with Crippen molar-refractivity contribution in [1.29, 1.82) is 0 Å². The molecule has 8 heteroatoms. The molecule has 0 spiro atoms. The van der Waals surface area contributed by atoms with E-state index in [-0.39, 0.29) is 17.9 Å². The molecule has 2 amide bonds. The number of carbonyl (C=O) groups is 2. The van der Waals surface area contributed by atoms with E-state index in [1.165, 1.54) is 6.08 Å². The Morgan fingerprint density at radius 2 is 2.12 bits per heavy atom. The molecule has 2 aromatic heterocycles. The maximum atomic E-state index is 12.4. The number of hydrogen-bond acceptors (Lipinski definition) is 5. The third-order valence-corrected chi connectivity index (χ3v) is 4.34. The second-order valence-electron chi connectivity index (χ2n) is 6.63. The Labute approximate surface area is 152 Å². The molecule has 0 aliphatic carbocycles. The molecule has 0 aromatic carbocycles. The van der Waals surface area contributed by atoms with E-state index >= 15 is 0 Å². The summed E-state index contributed by atoms with van der Waals surface area (Å²) >= 11 is 0. The summed E-state index contributed by atoms with van der Waals surface area (Å²) in [5.41, 5.74) is 1.63. The van der Waals surface area contributed by atoms with Gasteiger partial charge in [0.05, 0.1) is 11.8 Å². The van der Waals surface area contributed by atoms with Crippen molar-refractivity contribution >= 4 is 28.8 Å². The van der Waals surface area contributed by atoms with E-state index in [0.717, 1.165) is 13.0 Å². The number of aromatic amines is 1. The fraction of sp³-hybridized carbons (Fsp3) is 0.444. The predicted molar refractivity (Wildman–Crippen MR) is 100 cm³/mol. The van der Waals surface area contributed by atoms with Crippen LogP contribution in [0.3, 0.4) is 0 Å². The molecular formula is C18H24N6O2. The monoisotopic (exact) mass is 356 g/mol. The van der Waals surface area contributed by atoms with E-state index in [9.17, 15) is 9.59 Å². The van der Waals surface area contributed by atoms with Gasteiger partial charge in [-0.15, -0.1) is 0 Å². The van der Waals surface area contributed by atoms with Gasteiger partial charge in [0.25, 0.3) is 5.91 Å². The lowest BCUT2D eigenvalue weighted by molar-refractivity contribution is -0.125. The van der Waals surface area contributed by atoms with Crippen molar-refractivity contribution in [3.63, 3.8) is 0 Å². The molecule has 2 N–H and O–H groups in total. The minimum absolute atomic E-state index is 0.0441. The Bertz CT molecular complexity index is 828. The molecule has 1 aliphatic rings. The first-order chi connectivity index (χ1) is 12.5. The SMILES string of the molecule is C=CC(=O)N1CCCN(c2cnc3[nH]cc(C(=O)NC(C)C)c3n2)CC1. The fourth-order valence-electron chi connectivity index (χ4n) is 3.04. The molecule has 1 fully saturated rings. The van der Waals surface area contributed by atoms with Gasteiger partial charge in [-0.1, -0.05) is 6.58 Å². The number of amides is 2. The zero-order chi connectivity index (χ0) is 18.7. The van der Waals surface area contributed by atoms with E-state index in [1.54, 1.807) is 17.3 Å². The number of aromatic nitrogens is 3. The van der Waals surface area contributed by atoms with Crippen LogP contribution in [0.15, 0.2) is 25.0 Å². The maximum absolute atomic E-state index is 12.4. The van der Waals surface area contributed by atoms with Gasteiger partial charge in [-0.25, -0.2) is 9.97 Å². The van der Waals surface area contributed by atoms with Gasteiger partial charge in [0, 0.05) is 38.4 Å². The van der Waals surface area contributed by atoms with Crippen molar-refractivity contribution in [2.45, 2.75) is 26.3 Å². The lowest BCUT2D eigenvalue weighted by atomic mass is 10.2. The summed E-state index contributed by atoms with van der Waals surface area (Å²) in [5.74, 6) is 0.492. The van der Waals surface area contributed by atoms with Crippen LogP contribution in [0.4, 0.5) is 5.82 Å². The molecule has 0 radical (unpaired) electrons. The fourth-order valence-corrected chi connectivity index (χ4v) is 3.04. The van der Waals surface area contributed by atoms with Crippen LogP contribution in [-0.4, -0.2) is 63.9 Å². The number of nitrogens with zero attached hydrogens (tertiary/aromatic N) is 4. The van der Waals surface area contributed by atoms with Crippen LogP contribution in [0.25, 0.3) is 11.2 Å². The highest BCUT2D eigenvalue weighted by Gasteiger charge is 2.20. The quantitative estimate of drug-likeness (QED) is 0.806. The van der Waals surface area contributed by atoms with Gasteiger partial charge in [0.2, 0.25) is 5.91 Å². The minimum atomic E-state index is -0.170. The van der Waals surface area contributed by atoms with Crippen molar-refractivity contribution < 1.29 is 9.59 Å². The van der Waals surface area contributed by atoms with Crippen LogP contribution in [0, 0.1) is 0 Å². The highest BCUT2D eigenvalue weighted by molar-refractivity contribution is 6.04. The molecule has 1 saturated heterocycles. The molecule has 2 aromatic rings. The first-order valence-corrected chi connectivity index (χ1v) is 8.81. The van der Waals surface area contributed by atoms with E-state index < -0.39 is 0 Å². The summed E-state index contributed by atoms with van der Waals surface area (Å²) in [6, 6.07) is 0.0441. The van der Waals surface area contributed by atoms with Crippen molar-refractivity contribution in [2.75, 3.05) is 31.1 Å². The number of anilines is 1. The number of nitrogens with one attached hydrogen (secondary N) is 2. The third kappa shape index (κ3) is 3.68. The molecule has 0 atom stereocenters. The third-order valence-electron chi connectivity index (χ3n) is 4.34. The first-order valence-electron chi connectivity index (χ1n) is 8.81. The van der Waals surface area contributed by atoms with E-state index in [0.29, 0.717) is 42.2 Å². The smallest absolute Gasteiger partial charge is 0.255 e. The standard InChI is InChI=1S/C18H24N6O2/c1-4-15(25)24-7-5-6-23(8-9-24)14-11-20-17-16(22-14)13(10-19-17)18(26)21-12(2)3/h4,10-12H,1,5-9H2,2-3H3,(H,19,20)(H,21,26). The molecule has 1 aliphatic heterocycles. The Kier molecular flexibility index (Phi) is 5.20. The maximum Gasteiger partial charge on any atom is 0.255 e. The Balaban J connectivity index is 1.83. The number of H-pyrrole nitrogens is 1. The zero-order valence-corrected chi connectivity index (χ0v) is 15.2. The Morgan fingerprint density at radius 1 is 1.31 bits per heavy atom. The number of hydrogen-bond donors (Lipinski definition) is 2. The summed E-state index contributed by atoms with van der Waals surface area (Å²) in [4.78, 5) is 40.1. The lowest BCUT2D eigenvalue weighted by Crippen LogP contribution is -2.34. The van der Waals surface area contributed by atoms with Crippen LogP contribution >= 0.6 is 0 Å². The van der Waals surface area contributed by atoms with Crippen LogP contribution in [0.2, 0.25) is 0 Å². The number of carbonyl (C=O) groups excluding carboxylic acids is 2. The summed E-state index contributed by atoms with van der Waals surface area (Å²) in [6.07, 6.45) is 5.53. The van der Waals surface area contributed by atoms with Crippen LogP contribution in [0.1, 0.15) is 30.6 Å². The van der Waals surface area contributed by atoms with Crippen LogP contribution < -0.4 is 10.2 Å². The highest BCUT2D eigenvalue weighted by Crippen LogP contribution is 2.20. The van der Waals surface area contributed by atoms with Gasteiger partial charge in [-0.05, 0) is 26.3 Å². The molecule has 0 bridgehead atoms. The molecular weight excluding hydrogens is 332 g/mol. The van der Waals surface area contributed by atoms with E-state index in [4.69, 9.17) is 0 Å². The molecule has 138 valence electrons. The van der Waals surface area contributed by atoms with Gasteiger partial charge in [-0.3, -0.25) is 9.59 Å². The van der Waals surface area contributed by atoms with Crippen molar-refractivity contribution in [2.24, 2.45) is 0 Å². The largest absolute Gasteiger partial charge is 0.353 e. The molecule has 26 heavy (non-hydrogen) atoms. The van der Waals surface area contributed by atoms with Gasteiger partial charge in [-0.2, -0.15) is 0 Å². The van der Waals surface area contributed by atoms with Gasteiger partial charge in [0.1, 0.15) is 11.3 Å². The molecule has 3 rings (SSSR count). The van der Waals surface area contributed by atoms with Crippen molar-refractivity contribution in [3.05, 3.63) is 30.6 Å². The summed E-state index contributed by atoms with van der Waals surface area (Å²) in [5, 5.41) is 2.88. The van der Waals surface area contributed by atoms with Crippen LogP contribution in [0.5, 0.6) is 0 Å². The Hall–Kier alpha value is -2.90. The molecule has 0 unspecified atom stereocenters. The molecule has 3 heterocycles. The normalized spacial score (nSPS) is 15.2. The zero-order valence-electron chi connectivity index (χ0n) is 15.2. The number of fused-ring (bicyclic) bond motifs is 1. The van der Waals surface area contributed by atoms with Gasteiger partial charge >= 0.3 is 0 Å². The summed E-state index contributed by atoms with van der Waals surface area (Å²) in [7, 11) is 0. The topological polar surface area (TPSA) is 94.2 Å². The van der Waals surface area contributed by atoms with Crippen molar-refractivity contribution in [3.8, 4) is 0 Å². The molecule has 0 saturated carbocycles. The van der Waals surface area contributed by atoms with Crippen molar-refractivity contribution in [1.82, 2.24) is 25.2 Å². The second kappa shape index (κ2) is 7.55. The summed E-state index contributed by atoms with van der Waals surface area (Å²) in [6.45, 7) is 10.1. The average molecular weight is 356 g/mol. The van der Waals surface area contributed by atoms with Gasteiger partial charge < -0.3 is 20.1 Å².